The highest BCUT2D eigenvalue weighted by Gasteiger charge is 2.34. The molecule has 5 nitrogen and oxygen atoms in total. The van der Waals surface area contributed by atoms with Gasteiger partial charge in [-0.3, -0.25) is 9.69 Å². The van der Waals surface area contributed by atoms with Crippen molar-refractivity contribution in [2.75, 3.05) is 32.8 Å². The van der Waals surface area contributed by atoms with Crippen molar-refractivity contribution < 1.29 is 9.53 Å². The van der Waals surface area contributed by atoms with Crippen molar-refractivity contribution in [3.63, 3.8) is 0 Å². The molecule has 2 aliphatic rings. The molecule has 0 saturated carbocycles. The molecule has 5 heteroatoms. The second-order valence-electron chi connectivity index (χ2n) is 5.45. The average Bonchev–Trinajstić information content (AvgIpc) is 2.91. The standard InChI is InChI=1S/C13H25N3O2/c1-10-9-18-12(7-14)8-16(10)11(2)13(17)15-5-3-4-6-15/h10-12H,3-9,14H2,1-2H3. The van der Waals surface area contributed by atoms with E-state index in [-0.39, 0.29) is 24.1 Å². The number of amides is 1. The molecule has 0 aromatic carbocycles. The van der Waals surface area contributed by atoms with E-state index in [4.69, 9.17) is 10.5 Å². The summed E-state index contributed by atoms with van der Waals surface area (Å²) in [5.41, 5.74) is 5.66. The van der Waals surface area contributed by atoms with E-state index in [9.17, 15) is 4.79 Å². The van der Waals surface area contributed by atoms with Crippen LogP contribution in [-0.4, -0.2) is 66.7 Å². The van der Waals surface area contributed by atoms with E-state index < -0.39 is 0 Å². The van der Waals surface area contributed by atoms with E-state index in [1.165, 1.54) is 0 Å². The Labute approximate surface area is 109 Å². The molecule has 3 unspecified atom stereocenters. The van der Waals surface area contributed by atoms with Crippen LogP contribution >= 0.6 is 0 Å². The molecule has 0 aliphatic carbocycles. The van der Waals surface area contributed by atoms with E-state index in [0.29, 0.717) is 13.2 Å². The third-order valence-corrected chi connectivity index (χ3v) is 4.09. The summed E-state index contributed by atoms with van der Waals surface area (Å²) in [5, 5.41) is 0. The van der Waals surface area contributed by atoms with Gasteiger partial charge in [0.25, 0.3) is 0 Å². The fourth-order valence-corrected chi connectivity index (χ4v) is 2.86. The summed E-state index contributed by atoms with van der Waals surface area (Å²) in [6.07, 6.45) is 2.35. The van der Waals surface area contributed by atoms with Crippen molar-refractivity contribution in [3.8, 4) is 0 Å². The minimum atomic E-state index is -0.0592. The molecule has 3 atom stereocenters. The maximum Gasteiger partial charge on any atom is 0.239 e. The van der Waals surface area contributed by atoms with Crippen LogP contribution in [0.3, 0.4) is 0 Å². The number of morpholine rings is 1. The molecular formula is C13H25N3O2. The van der Waals surface area contributed by atoms with Gasteiger partial charge in [-0.2, -0.15) is 0 Å². The molecular weight excluding hydrogens is 230 g/mol. The first-order valence-corrected chi connectivity index (χ1v) is 6.99. The van der Waals surface area contributed by atoms with Gasteiger partial charge in [-0.15, -0.1) is 0 Å². The van der Waals surface area contributed by atoms with E-state index >= 15 is 0 Å². The summed E-state index contributed by atoms with van der Waals surface area (Å²) in [6, 6.07) is 0.227. The van der Waals surface area contributed by atoms with Gasteiger partial charge in [0.1, 0.15) is 0 Å². The Morgan fingerprint density at radius 1 is 1.44 bits per heavy atom. The predicted octanol–water partition coefficient (Wildman–Crippen LogP) is 0.0453. The SMILES string of the molecule is CC1COC(CN)CN1C(C)C(=O)N1CCCC1. The third kappa shape index (κ3) is 2.84. The van der Waals surface area contributed by atoms with Crippen molar-refractivity contribution in [3.05, 3.63) is 0 Å². The molecule has 0 aromatic heterocycles. The smallest absolute Gasteiger partial charge is 0.239 e. The number of carbonyl (C=O) groups excluding carboxylic acids is 1. The van der Waals surface area contributed by atoms with Gasteiger partial charge in [-0.1, -0.05) is 0 Å². The molecule has 0 radical (unpaired) electrons. The van der Waals surface area contributed by atoms with Gasteiger partial charge < -0.3 is 15.4 Å². The summed E-state index contributed by atoms with van der Waals surface area (Å²) in [5.74, 6) is 0.261. The van der Waals surface area contributed by atoms with E-state index in [0.717, 1.165) is 32.5 Å². The predicted molar refractivity (Wildman–Crippen MR) is 70.2 cm³/mol. The first kappa shape index (κ1) is 13.8. The van der Waals surface area contributed by atoms with Gasteiger partial charge in [0, 0.05) is 32.2 Å². The van der Waals surface area contributed by atoms with Crippen molar-refractivity contribution in [1.29, 1.82) is 0 Å². The topological polar surface area (TPSA) is 58.8 Å². The monoisotopic (exact) mass is 255 g/mol. The Bertz CT molecular complexity index is 292. The Morgan fingerprint density at radius 2 is 2.11 bits per heavy atom. The molecule has 104 valence electrons. The van der Waals surface area contributed by atoms with Crippen LogP contribution in [0.25, 0.3) is 0 Å². The zero-order chi connectivity index (χ0) is 13.1. The van der Waals surface area contributed by atoms with E-state index in [2.05, 4.69) is 11.8 Å². The molecule has 0 aromatic rings. The summed E-state index contributed by atoms with van der Waals surface area (Å²) in [4.78, 5) is 16.6. The fraction of sp³-hybridized carbons (Fsp3) is 0.923. The number of nitrogens with zero attached hydrogens (tertiary/aromatic N) is 2. The van der Waals surface area contributed by atoms with E-state index in [1.54, 1.807) is 0 Å². The molecule has 2 rings (SSSR count). The number of ether oxygens (including phenoxy) is 1. The van der Waals surface area contributed by atoms with Gasteiger partial charge in [0.2, 0.25) is 5.91 Å². The van der Waals surface area contributed by atoms with Crippen LogP contribution in [0.4, 0.5) is 0 Å². The molecule has 2 fully saturated rings. The van der Waals surface area contributed by atoms with Gasteiger partial charge in [-0.05, 0) is 26.7 Å². The number of likely N-dealkylation sites (tertiary alicyclic amines) is 1. The lowest BCUT2D eigenvalue weighted by molar-refractivity contribution is -0.141. The second-order valence-corrected chi connectivity index (χ2v) is 5.45. The lowest BCUT2D eigenvalue weighted by atomic mass is 10.1. The number of rotatable bonds is 3. The molecule has 0 spiro atoms. The zero-order valence-electron chi connectivity index (χ0n) is 11.5. The van der Waals surface area contributed by atoms with Gasteiger partial charge in [-0.25, -0.2) is 0 Å². The van der Waals surface area contributed by atoms with Gasteiger partial charge in [0.05, 0.1) is 18.8 Å². The van der Waals surface area contributed by atoms with Crippen molar-refractivity contribution >= 4 is 5.91 Å². The molecule has 2 heterocycles. The summed E-state index contributed by atoms with van der Waals surface area (Å²) in [6.45, 7) is 7.91. The first-order chi connectivity index (χ1) is 8.63. The minimum Gasteiger partial charge on any atom is -0.374 e. The average molecular weight is 255 g/mol. The molecule has 2 N–H and O–H groups in total. The second kappa shape index (κ2) is 5.99. The Kier molecular flexibility index (Phi) is 4.59. The van der Waals surface area contributed by atoms with Crippen molar-refractivity contribution in [2.45, 2.75) is 44.9 Å². The first-order valence-electron chi connectivity index (χ1n) is 6.99. The largest absolute Gasteiger partial charge is 0.374 e. The minimum absolute atomic E-state index is 0.0592. The van der Waals surface area contributed by atoms with Crippen LogP contribution in [0.5, 0.6) is 0 Å². The Balaban J connectivity index is 1.97. The van der Waals surface area contributed by atoms with Crippen LogP contribution in [0, 0.1) is 0 Å². The highest BCUT2D eigenvalue weighted by atomic mass is 16.5. The molecule has 2 aliphatic heterocycles. The molecule has 2 saturated heterocycles. The fourth-order valence-electron chi connectivity index (χ4n) is 2.86. The number of nitrogens with two attached hydrogens (primary N) is 1. The molecule has 1 amide bonds. The Hall–Kier alpha value is -0.650. The van der Waals surface area contributed by atoms with Gasteiger partial charge in [0.15, 0.2) is 0 Å². The van der Waals surface area contributed by atoms with Crippen molar-refractivity contribution in [2.24, 2.45) is 5.73 Å². The highest BCUT2D eigenvalue weighted by Crippen LogP contribution is 2.18. The highest BCUT2D eigenvalue weighted by molar-refractivity contribution is 5.81. The van der Waals surface area contributed by atoms with Crippen molar-refractivity contribution in [1.82, 2.24) is 9.80 Å². The summed E-state index contributed by atoms with van der Waals surface area (Å²) in [7, 11) is 0. The lowest BCUT2D eigenvalue weighted by Crippen LogP contribution is -2.57. The summed E-state index contributed by atoms with van der Waals surface area (Å²) < 4.78 is 5.63. The normalized spacial score (nSPS) is 31.6. The van der Waals surface area contributed by atoms with Crippen LogP contribution in [0.2, 0.25) is 0 Å². The van der Waals surface area contributed by atoms with Crippen LogP contribution < -0.4 is 5.73 Å². The molecule has 18 heavy (non-hydrogen) atoms. The molecule has 0 bridgehead atoms. The maximum absolute atomic E-state index is 12.4. The Morgan fingerprint density at radius 3 is 2.72 bits per heavy atom. The lowest BCUT2D eigenvalue weighted by Gasteiger charge is -2.41. The zero-order valence-corrected chi connectivity index (χ0v) is 11.5. The van der Waals surface area contributed by atoms with Crippen LogP contribution in [0.15, 0.2) is 0 Å². The summed E-state index contributed by atoms with van der Waals surface area (Å²) >= 11 is 0. The number of hydrogen-bond acceptors (Lipinski definition) is 4. The van der Waals surface area contributed by atoms with E-state index in [1.807, 2.05) is 11.8 Å². The number of carbonyl (C=O) groups is 1. The number of hydrogen-bond donors (Lipinski definition) is 1. The maximum atomic E-state index is 12.4. The van der Waals surface area contributed by atoms with Crippen LogP contribution in [-0.2, 0) is 9.53 Å². The van der Waals surface area contributed by atoms with Gasteiger partial charge >= 0.3 is 0 Å². The quantitative estimate of drug-likeness (QED) is 0.774. The van der Waals surface area contributed by atoms with Crippen LogP contribution in [0.1, 0.15) is 26.7 Å². The third-order valence-electron chi connectivity index (χ3n) is 4.09.